The van der Waals surface area contributed by atoms with Gasteiger partial charge in [-0.15, -0.1) is 0 Å². The van der Waals surface area contributed by atoms with Gasteiger partial charge in [0.2, 0.25) is 0 Å². The maximum atomic E-state index is 6.34. The Hall–Kier alpha value is -1.12. The summed E-state index contributed by atoms with van der Waals surface area (Å²) in [5.74, 6) is 0. The first-order valence-electron chi connectivity index (χ1n) is 5.06. The molecule has 2 aromatic carbocycles. The van der Waals surface area contributed by atoms with Crippen molar-refractivity contribution in [3.8, 4) is 0 Å². The highest BCUT2D eigenvalue weighted by Gasteiger charge is 2.30. The Bertz CT molecular complexity index is 581. The number of anilines is 2. The van der Waals surface area contributed by atoms with Crippen molar-refractivity contribution in [2.75, 3.05) is 17.7 Å². The zero-order chi connectivity index (χ0) is 11.3. The zero-order valence-electron chi connectivity index (χ0n) is 8.64. The van der Waals surface area contributed by atoms with Gasteiger partial charge in [0.1, 0.15) is 5.50 Å². The summed E-state index contributed by atoms with van der Waals surface area (Å²) in [4.78, 5) is 0. The first-order chi connectivity index (χ1) is 7.74. The Balaban J connectivity index is 2.46. The molecule has 0 saturated carbocycles. The first-order valence-corrected chi connectivity index (χ1v) is 5.88. The molecule has 82 valence electrons. The van der Waals surface area contributed by atoms with E-state index in [-0.39, 0.29) is 5.50 Å². The SMILES string of the molecule is CNc1c(Cl)c2c(c3ccccc13)N[C@@H]2Cl. The second-order valence-corrected chi connectivity index (χ2v) is 4.59. The van der Waals surface area contributed by atoms with E-state index in [1.54, 1.807) is 0 Å². The van der Waals surface area contributed by atoms with E-state index in [0.29, 0.717) is 0 Å². The fraction of sp³-hybridized carbons (Fsp3) is 0.167. The summed E-state index contributed by atoms with van der Waals surface area (Å²) in [5.41, 5.74) is 2.81. The molecule has 1 aliphatic rings. The van der Waals surface area contributed by atoms with Crippen LogP contribution in [0.25, 0.3) is 10.8 Å². The van der Waals surface area contributed by atoms with Gasteiger partial charge in [0.05, 0.1) is 16.4 Å². The van der Waals surface area contributed by atoms with Gasteiger partial charge in [0.15, 0.2) is 0 Å². The van der Waals surface area contributed by atoms with E-state index >= 15 is 0 Å². The van der Waals surface area contributed by atoms with Crippen LogP contribution in [-0.2, 0) is 0 Å². The largest absolute Gasteiger partial charge is 0.386 e. The van der Waals surface area contributed by atoms with Gasteiger partial charge >= 0.3 is 0 Å². The molecular weight excluding hydrogens is 243 g/mol. The third kappa shape index (κ3) is 1.14. The molecule has 0 aliphatic carbocycles. The molecule has 0 spiro atoms. The lowest BCUT2D eigenvalue weighted by Crippen LogP contribution is -2.19. The van der Waals surface area contributed by atoms with Gasteiger partial charge in [-0.1, -0.05) is 47.5 Å². The van der Waals surface area contributed by atoms with Crippen LogP contribution in [0.2, 0.25) is 5.02 Å². The van der Waals surface area contributed by atoms with E-state index in [9.17, 15) is 0 Å². The summed E-state index contributed by atoms with van der Waals surface area (Å²) in [5, 5.41) is 9.31. The second-order valence-electron chi connectivity index (χ2n) is 3.78. The summed E-state index contributed by atoms with van der Waals surface area (Å²) in [7, 11) is 1.87. The average Bonchev–Trinajstić information content (AvgIpc) is 2.27. The lowest BCUT2D eigenvalue weighted by atomic mass is 9.97. The smallest absolute Gasteiger partial charge is 0.131 e. The van der Waals surface area contributed by atoms with Crippen LogP contribution in [0.4, 0.5) is 11.4 Å². The van der Waals surface area contributed by atoms with Crippen LogP contribution in [0.5, 0.6) is 0 Å². The maximum absolute atomic E-state index is 6.34. The fourth-order valence-electron chi connectivity index (χ4n) is 2.19. The molecule has 0 saturated heterocycles. The van der Waals surface area contributed by atoms with Crippen LogP contribution >= 0.6 is 23.2 Å². The predicted molar refractivity (Wildman–Crippen MR) is 70.7 cm³/mol. The van der Waals surface area contributed by atoms with E-state index in [2.05, 4.69) is 22.8 Å². The first kappa shape index (κ1) is 10.1. The third-order valence-corrected chi connectivity index (χ3v) is 3.69. The summed E-state index contributed by atoms with van der Waals surface area (Å²) >= 11 is 12.4. The molecule has 0 aromatic heterocycles. The highest BCUT2D eigenvalue weighted by atomic mass is 35.5. The number of hydrogen-bond donors (Lipinski definition) is 2. The summed E-state index contributed by atoms with van der Waals surface area (Å²) < 4.78 is 0. The Morgan fingerprint density at radius 1 is 1.25 bits per heavy atom. The van der Waals surface area contributed by atoms with Crippen LogP contribution in [0.1, 0.15) is 11.1 Å². The highest BCUT2D eigenvalue weighted by Crippen LogP contribution is 2.51. The van der Waals surface area contributed by atoms with Crippen LogP contribution in [0.3, 0.4) is 0 Å². The van der Waals surface area contributed by atoms with Gasteiger partial charge in [-0.25, -0.2) is 0 Å². The van der Waals surface area contributed by atoms with Crippen molar-refractivity contribution in [1.29, 1.82) is 0 Å². The number of fused-ring (bicyclic) bond motifs is 3. The lowest BCUT2D eigenvalue weighted by Gasteiger charge is -2.32. The molecule has 1 aliphatic heterocycles. The minimum atomic E-state index is -0.181. The number of hydrogen-bond acceptors (Lipinski definition) is 2. The van der Waals surface area contributed by atoms with Crippen LogP contribution < -0.4 is 10.6 Å². The Morgan fingerprint density at radius 3 is 2.56 bits per heavy atom. The molecule has 2 aromatic rings. The van der Waals surface area contributed by atoms with Crippen molar-refractivity contribution >= 4 is 45.3 Å². The molecule has 0 amide bonds. The van der Waals surface area contributed by atoms with Crippen molar-refractivity contribution < 1.29 is 0 Å². The molecule has 2 N–H and O–H groups in total. The molecule has 3 rings (SSSR count). The standard InChI is InChI=1S/C12H10Cl2N2/c1-15-11-7-5-3-2-4-6(7)10-8(9(11)13)12(14)16-10/h2-5,12,15-16H,1H3/t12-/m0/s1. The van der Waals surface area contributed by atoms with Crippen molar-refractivity contribution in [2.45, 2.75) is 5.50 Å². The second kappa shape index (κ2) is 3.44. The van der Waals surface area contributed by atoms with Gasteiger partial charge in [-0.3, -0.25) is 0 Å². The van der Waals surface area contributed by atoms with Gasteiger partial charge in [-0.2, -0.15) is 0 Å². The van der Waals surface area contributed by atoms with Gasteiger partial charge in [0, 0.05) is 23.4 Å². The molecular formula is C12H10Cl2N2. The monoisotopic (exact) mass is 252 g/mol. The summed E-state index contributed by atoms with van der Waals surface area (Å²) in [6, 6.07) is 8.14. The summed E-state index contributed by atoms with van der Waals surface area (Å²) in [6.07, 6.45) is 0. The van der Waals surface area contributed by atoms with E-state index < -0.39 is 0 Å². The number of halogens is 2. The number of alkyl halides is 1. The van der Waals surface area contributed by atoms with E-state index in [0.717, 1.165) is 32.7 Å². The van der Waals surface area contributed by atoms with Gasteiger partial charge in [-0.05, 0) is 0 Å². The molecule has 2 nitrogen and oxygen atoms in total. The molecule has 4 heteroatoms. The zero-order valence-corrected chi connectivity index (χ0v) is 10.2. The lowest BCUT2D eigenvalue weighted by molar-refractivity contribution is 1.02. The van der Waals surface area contributed by atoms with Crippen molar-refractivity contribution in [2.24, 2.45) is 0 Å². The molecule has 0 unspecified atom stereocenters. The van der Waals surface area contributed by atoms with E-state index in [4.69, 9.17) is 23.2 Å². The molecule has 0 bridgehead atoms. The van der Waals surface area contributed by atoms with Gasteiger partial charge < -0.3 is 10.6 Å². The van der Waals surface area contributed by atoms with Crippen molar-refractivity contribution in [1.82, 2.24) is 0 Å². The average molecular weight is 253 g/mol. The van der Waals surface area contributed by atoms with Gasteiger partial charge in [0.25, 0.3) is 0 Å². The molecule has 1 atom stereocenters. The predicted octanol–water partition coefficient (Wildman–Crippen LogP) is 4.20. The number of nitrogens with one attached hydrogen (secondary N) is 2. The van der Waals surface area contributed by atoms with E-state index in [1.807, 2.05) is 19.2 Å². The number of benzene rings is 2. The Labute approximate surface area is 104 Å². The minimum absolute atomic E-state index is 0.181. The maximum Gasteiger partial charge on any atom is 0.131 e. The molecule has 1 heterocycles. The van der Waals surface area contributed by atoms with E-state index in [1.165, 1.54) is 0 Å². The van der Waals surface area contributed by atoms with Crippen molar-refractivity contribution in [3.63, 3.8) is 0 Å². The fourth-order valence-corrected chi connectivity index (χ4v) is 2.97. The Morgan fingerprint density at radius 2 is 1.94 bits per heavy atom. The Kier molecular flexibility index (Phi) is 2.16. The molecule has 0 fully saturated rings. The third-order valence-electron chi connectivity index (χ3n) is 2.97. The molecule has 0 radical (unpaired) electrons. The minimum Gasteiger partial charge on any atom is -0.386 e. The number of rotatable bonds is 1. The van der Waals surface area contributed by atoms with Crippen molar-refractivity contribution in [3.05, 3.63) is 34.9 Å². The highest BCUT2D eigenvalue weighted by molar-refractivity contribution is 6.39. The van der Waals surface area contributed by atoms with Crippen LogP contribution in [-0.4, -0.2) is 7.05 Å². The quantitative estimate of drug-likeness (QED) is 0.588. The normalized spacial score (nSPS) is 17.6. The van der Waals surface area contributed by atoms with Crippen LogP contribution in [0, 0.1) is 0 Å². The molecule has 16 heavy (non-hydrogen) atoms. The van der Waals surface area contributed by atoms with Crippen LogP contribution in [0.15, 0.2) is 24.3 Å². The summed E-state index contributed by atoms with van der Waals surface area (Å²) in [6.45, 7) is 0. The topological polar surface area (TPSA) is 24.1 Å².